The summed E-state index contributed by atoms with van der Waals surface area (Å²) in [5.74, 6) is -1.15. The second-order valence-corrected chi connectivity index (χ2v) is 6.33. The molecule has 25 heavy (non-hydrogen) atoms. The van der Waals surface area contributed by atoms with Crippen molar-refractivity contribution in [1.29, 1.82) is 0 Å². The second-order valence-electron chi connectivity index (χ2n) is 5.42. The zero-order chi connectivity index (χ0) is 17.8. The lowest BCUT2D eigenvalue weighted by atomic mass is 10.0. The quantitative estimate of drug-likeness (QED) is 0.602. The number of carbonyl (C=O) groups is 1. The van der Waals surface area contributed by atoms with Crippen molar-refractivity contribution < 1.29 is 19.0 Å². The van der Waals surface area contributed by atoms with Crippen LogP contribution in [0, 0.1) is 5.82 Å². The number of benzene rings is 3. The fourth-order valence-corrected chi connectivity index (χ4v) is 2.86. The van der Waals surface area contributed by atoms with E-state index in [0.717, 1.165) is 5.56 Å². The van der Waals surface area contributed by atoms with Gasteiger partial charge in [0, 0.05) is 10.0 Å². The molecule has 0 spiro atoms. The van der Waals surface area contributed by atoms with Crippen molar-refractivity contribution in [2.24, 2.45) is 0 Å². The molecule has 0 aliphatic heterocycles. The molecule has 5 heteroatoms. The van der Waals surface area contributed by atoms with Crippen LogP contribution < -0.4 is 0 Å². The molecule has 0 bridgehead atoms. The van der Waals surface area contributed by atoms with Crippen molar-refractivity contribution in [2.75, 3.05) is 0 Å². The molecular weight excluding hydrogens is 387 g/mol. The van der Waals surface area contributed by atoms with E-state index in [1.807, 2.05) is 30.3 Å². The summed E-state index contributed by atoms with van der Waals surface area (Å²) in [4.78, 5) is 12.4. The Morgan fingerprint density at radius 3 is 2.40 bits per heavy atom. The lowest BCUT2D eigenvalue weighted by Gasteiger charge is -2.11. The first-order chi connectivity index (χ1) is 12.0. The first kappa shape index (κ1) is 17.2. The molecule has 3 nitrogen and oxygen atoms in total. The van der Waals surface area contributed by atoms with Gasteiger partial charge in [-0.1, -0.05) is 58.4 Å². The Labute approximate surface area is 152 Å². The van der Waals surface area contributed by atoms with Crippen LogP contribution in [-0.4, -0.2) is 11.1 Å². The maximum atomic E-state index is 12.9. The first-order valence-corrected chi connectivity index (χ1v) is 8.33. The van der Waals surface area contributed by atoms with Gasteiger partial charge in [-0.05, 0) is 35.4 Å². The van der Waals surface area contributed by atoms with Crippen LogP contribution in [0.3, 0.4) is 0 Å². The van der Waals surface area contributed by atoms with Crippen molar-refractivity contribution >= 4 is 21.9 Å². The summed E-state index contributed by atoms with van der Waals surface area (Å²) in [5.41, 5.74) is 2.04. The Balaban J connectivity index is 1.85. The molecular formula is C20H14BrFO3. The van der Waals surface area contributed by atoms with Crippen molar-refractivity contribution in [3.63, 3.8) is 0 Å². The highest BCUT2D eigenvalue weighted by Crippen LogP contribution is 2.35. The van der Waals surface area contributed by atoms with Crippen molar-refractivity contribution in [3.05, 3.63) is 88.1 Å². The van der Waals surface area contributed by atoms with E-state index in [4.69, 9.17) is 4.74 Å². The summed E-state index contributed by atoms with van der Waals surface area (Å²) in [6.45, 7) is -0.00820. The molecule has 0 aliphatic rings. The lowest BCUT2D eigenvalue weighted by molar-refractivity contribution is 0.0469. The van der Waals surface area contributed by atoms with Crippen LogP contribution in [0.25, 0.3) is 11.1 Å². The number of hydrogen-bond acceptors (Lipinski definition) is 3. The zero-order valence-corrected chi connectivity index (χ0v) is 14.7. The summed E-state index contributed by atoms with van der Waals surface area (Å²) in [5, 5.41) is 10.5. The van der Waals surface area contributed by atoms with Gasteiger partial charge >= 0.3 is 5.97 Å². The molecule has 0 unspecified atom stereocenters. The maximum absolute atomic E-state index is 12.9. The third-order valence-electron chi connectivity index (χ3n) is 3.66. The molecule has 0 atom stereocenters. The summed E-state index contributed by atoms with van der Waals surface area (Å²) < 4.78 is 18.8. The van der Waals surface area contributed by atoms with Gasteiger partial charge in [-0.3, -0.25) is 0 Å². The topological polar surface area (TPSA) is 46.5 Å². The third kappa shape index (κ3) is 4.06. The van der Waals surface area contributed by atoms with Gasteiger partial charge in [0.1, 0.15) is 23.7 Å². The highest BCUT2D eigenvalue weighted by Gasteiger charge is 2.18. The van der Waals surface area contributed by atoms with Gasteiger partial charge in [0.2, 0.25) is 0 Å². The summed E-state index contributed by atoms with van der Waals surface area (Å²) >= 11 is 3.36. The van der Waals surface area contributed by atoms with Gasteiger partial charge in [0.25, 0.3) is 0 Å². The van der Waals surface area contributed by atoms with E-state index in [1.54, 1.807) is 18.2 Å². The number of rotatable bonds is 4. The largest absolute Gasteiger partial charge is 0.506 e. The number of halogens is 2. The van der Waals surface area contributed by atoms with E-state index in [-0.39, 0.29) is 23.7 Å². The van der Waals surface area contributed by atoms with Crippen molar-refractivity contribution in [3.8, 4) is 16.9 Å². The molecule has 1 N–H and O–H groups in total. The maximum Gasteiger partial charge on any atom is 0.342 e. The molecule has 0 saturated heterocycles. The fourth-order valence-electron chi connectivity index (χ4n) is 2.40. The average molecular weight is 401 g/mol. The fraction of sp³-hybridized carbons (Fsp3) is 0.0500. The van der Waals surface area contributed by atoms with Gasteiger partial charge < -0.3 is 9.84 Å². The molecule has 3 rings (SSSR count). The Kier molecular flexibility index (Phi) is 5.14. The van der Waals surface area contributed by atoms with Crippen LogP contribution in [0.5, 0.6) is 5.75 Å². The van der Waals surface area contributed by atoms with E-state index in [2.05, 4.69) is 15.9 Å². The molecule has 0 aliphatic carbocycles. The van der Waals surface area contributed by atoms with E-state index < -0.39 is 5.97 Å². The number of aromatic hydroxyl groups is 1. The Hall–Kier alpha value is -2.66. The highest BCUT2D eigenvalue weighted by molar-refractivity contribution is 9.10. The number of ether oxygens (including phenoxy) is 1. The summed E-state index contributed by atoms with van der Waals surface area (Å²) in [6, 6.07) is 18.2. The van der Waals surface area contributed by atoms with Gasteiger partial charge in [-0.15, -0.1) is 0 Å². The molecule has 0 heterocycles. The lowest BCUT2D eigenvalue weighted by Crippen LogP contribution is -2.06. The highest BCUT2D eigenvalue weighted by atomic mass is 79.9. The molecule has 0 saturated carbocycles. The standard InChI is InChI=1S/C20H14BrFO3/c21-15-10-17(14-4-2-1-3-5-14)19(23)18(11-15)20(24)25-12-13-6-8-16(22)9-7-13/h1-11,23H,12H2. The van der Waals surface area contributed by atoms with E-state index >= 15 is 0 Å². The normalized spacial score (nSPS) is 10.5. The predicted molar refractivity (Wildman–Crippen MR) is 96.8 cm³/mol. The number of carbonyl (C=O) groups excluding carboxylic acids is 1. The van der Waals surface area contributed by atoms with Crippen molar-refractivity contribution in [2.45, 2.75) is 6.61 Å². The Morgan fingerprint density at radius 1 is 1.04 bits per heavy atom. The van der Waals surface area contributed by atoms with Gasteiger partial charge in [0.05, 0.1) is 0 Å². The van der Waals surface area contributed by atoms with E-state index in [9.17, 15) is 14.3 Å². The Morgan fingerprint density at radius 2 is 1.72 bits per heavy atom. The first-order valence-electron chi connectivity index (χ1n) is 7.54. The summed E-state index contributed by atoms with van der Waals surface area (Å²) in [6.07, 6.45) is 0. The summed E-state index contributed by atoms with van der Waals surface area (Å²) in [7, 11) is 0. The minimum atomic E-state index is -0.652. The Bertz CT molecular complexity index is 893. The molecule has 3 aromatic rings. The molecule has 3 aromatic carbocycles. The van der Waals surface area contributed by atoms with Crippen LogP contribution in [-0.2, 0) is 11.3 Å². The second kappa shape index (κ2) is 7.49. The van der Waals surface area contributed by atoms with E-state index in [1.165, 1.54) is 18.2 Å². The minimum Gasteiger partial charge on any atom is -0.506 e. The number of phenols is 1. The molecule has 0 amide bonds. The predicted octanol–water partition coefficient (Wildman–Crippen LogP) is 5.32. The van der Waals surface area contributed by atoms with Crippen molar-refractivity contribution in [1.82, 2.24) is 0 Å². The molecule has 0 radical (unpaired) electrons. The zero-order valence-electron chi connectivity index (χ0n) is 13.1. The molecule has 0 fully saturated rings. The van der Waals surface area contributed by atoms with Crippen LogP contribution in [0.4, 0.5) is 4.39 Å². The average Bonchev–Trinajstić information content (AvgIpc) is 2.63. The van der Waals surface area contributed by atoms with Gasteiger partial charge in [-0.25, -0.2) is 9.18 Å². The molecule has 126 valence electrons. The van der Waals surface area contributed by atoms with Crippen LogP contribution >= 0.6 is 15.9 Å². The van der Waals surface area contributed by atoms with Crippen LogP contribution in [0.15, 0.2) is 71.2 Å². The number of phenolic OH excluding ortho intramolecular Hbond substituents is 1. The monoisotopic (exact) mass is 400 g/mol. The van der Waals surface area contributed by atoms with Gasteiger partial charge in [-0.2, -0.15) is 0 Å². The van der Waals surface area contributed by atoms with Crippen LogP contribution in [0.1, 0.15) is 15.9 Å². The molecule has 0 aromatic heterocycles. The third-order valence-corrected chi connectivity index (χ3v) is 4.12. The number of esters is 1. The SMILES string of the molecule is O=C(OCc1ccc(F)cc1)c1cc(Br)cc(-c2ccccc2)c1O. The van der Waals surface area contributed by atoms with E-state index in [0.29, 0.717) is 15.6 Å². The smallest absolute Gasteiger partial charge is 0.342 e. The number of hydrogen-bond donors (Lipinski definition) is 1. The van der Waals surface area contributed by atoms with Gasteiger partial charge in [0.15, 0.2) is 0 Å². The van der Waals surface area contributed by atoms with Crippen LogP contribution in [0.2, 0.25) is 0 Å². The minimum absolute atomic E-state index is 0.00820.